The van der Waals surface area contributed by atoms with E-state index in [1.165, 1.54) is 0 Å². The number of rotatable bonds is 4. The highest BCUT2D eigenvalue weighted by Gasteiger charge is 2.63. The van der Waals surface area contributed by atoms with Gasteiger partial charge in [0.05, 0.1) is 19.3 Å². The molecule has 2 amide bonds. The first kappa shape index (κ1) is 21.6. The van der Waals surface area contributed by atoms with Crippen LogP contribution in [0.3, 0.4) is 0 Å². The Balaban J connectivity index is 1.62. The molecule has 2 aliphatic heterocycles. The number of amides is 2. The minimum absolute atomic E-state index is 0.0700. The number of ether oxygens (including phenoxy) is 1. The van der Waals surface area contributed by atoms with Gasteiger partial charge in [-0.15, -0.1) is 11.8 Å². The van der Waals surface area contributed by atoms with Gasteiger partial charge in [-0.1, -0.05) is 54.6 Å². The maximum Gasteiger partial charge on any atom is 0.268 e. The van der Waals surface area contributed by atoms with Crippen LogP contribution in [0.1, 0.15) is 35.3 Å². The number of carbonyl (C=O) groups excluding carboxylic acids is 2. The SMILES string of the molecule is COc1cccc(C(=O)N2CC(C)(C)S[C@]23C(=O)N(Cc2ccccc2)c2ccccc23)c1. The van der Waals surface area contributed by atoms with E-state index in [1.807, 2.05) is 65.6 Å². The highest BCUT2D eigenvalue weighted by atomic mass is 32.2. The smallest absolute Gasteiger partial charge is 0.268 e. The summed E-state index contributed by atoms with van der Waals surface area (Å²) in [5, 5.41) is 0. The monoisotopic (exact) mass is 458 g/mol. The second-order valence-electron chi connectivity index (χ2n) is 9.02. The van der Waals surface area contributed by atoms with Gasteiger partial charge in [0.15, 0.2) is 4.87 Å². The quantitative estimate of drug-likeness (QED) is 0.548. The van der Waals surface area contributed by atoms with Crippen LogP contribution in [0, 0.1) is 0 Å². The third-order valence-electron chi connectivity index (χ3n) is 6.18. The Kier molecular flexibility index (Phi) is 5.20. The second-order valence-corrected chi connectivity index (χ2v) is 10.9. The topological polar surface area (TPSA) is 49.9 Å². The van der Waals surface area contributed by atoms with Crippen molar-refractivity contribution in [2.45, 2.75) is 30.0 Å². The van der Waals surface area contributed by atoms with E-state index in [1.54, 1.807) is 42.0 Å². The molecule has 5 nitrogen and oxygen atoms in total. The Bertz CT molecular complexity index is 1230. The van der Waals surface area contributed by atoms with Crippen LogP contribution in [0.25, 0.3) is 0 Å². The molecule has 3 aromatic carbocycles. The molecule has 0 aliphatic carbocycles. The lowest BCUT2D eigenvalue weighted by molar-refractivity contribution is -0.123. The van der Waals surface area contributed by atoms with Gasteiger partial charge in [-0.2, -0.15) is 0 Å². The minimum atomic E-state index is -1.10. The summed E-state index contributed by atoms with van der Waals surface area (Å²) in [7, 11) is 1.58. The van der Waals surface area contributed by atoms with Crippen molar-refractivity contribution in [3.05, 3.63) is 95.6 Å². The average molecular weight is 459 g/mol. The van der Waals surface area contributed by atoms with E-state index < -0.39 is 4.87 Å². The van der Waals surface area contributed by atoms with E-state index in [0.717, 1.165) is 16.8 Å². The summed E-state index contributed by atoms with van der Waals surface area (Å²) < 4.78 is 5.04. The fourth-order valence-corrected chi connectivity index (χ4v) is 6.52. The number of anilines is 1. The minimum Gasteiger partial charge on any atom is -0.497 e. The zero-order valence-electron chi connectivity index (χ0n) is 18.9. The summed E-state index contributed by atoms with van der Waals surface area (Å²) >= 11 is 1.57. The number of fused-ring (bicyclic) bond motifs is 2. The first-order chi connectivity index (χ1) is 15.9. The van der Waals surface area contributed by atoms with Gasteiger partial charge in [0.2, 0.25) is 0 Å². The fraction of sp³-hybridized carbons (Fsp3) is 0.259. The maximum absolute atomic E-state index is 14.2. The molecule has 33 heavy (non-hydrogen) atoms. The Morgan fingerprint density at radius 3 is 2.48 bits per heavy atom. The maximum atomic E-state index is 14.2. The molecule has 168 valence electrons. The summed E-state index contributed by atoms with van der Waals surface area (Å²) in [5.41, 5.74) is 3.29. The number of hydrogen-bond donors (Lipinski definition) is 0. The molecule has 0 bridgehead atoms. The zero-order chi connectivity index (χ0) is 23.2. The number of methoxy groups -OCH3 is 1. The van der Waals surface area contributed by atoms with Crippen molar-refractivity contribution in [3.8, 4) is 5.75 Å². The highest BCUT2D eigenvalue weighted by Crippen LogP contribution is 2.60. The standard InChI is InChI=1S/C27H26N2O3S/c1-26(2)18-29(24(30)20-12-9-13-21(16-20)32-3)27(33-26)22-14-7-8-15-23(22)28(25(27)31)17-19-10-5-4-6-11-19/h4-16H,17-18H2,1-3H3/t27-/m1/s1. The molecule has 1 fully saturated rings. The van der Waals surface area contributed by atoms with Crippen molar-refractivity contribution in [2.24, 2.45) is 0 Å². The molecule has 2 heterocycles. The summed E-state index contributed by atoms with van der Waals surface area (Å²) in [6, 6.07) is 24.9. The Labute approximate surface area is 198 Å². The van der Waals surface area contributed by atoms with Crippen LogP contribution in [0.4, 0.5) is 5.69 Å². The first-order valence-electron chi connectivity index (χ1n) is 11.0. The van der Waals surface area contributed by atoms with Crippen LogP contribution < -0.4 is 9.64 Å². The average Bonchev–Trinajstić information content (AvgIpc) is 3.25. The fourth-order valence-electron chi connectivity index (χ4n) is 4.79. The molecule has 0 saturated carbocycles. The van der Waals surface area contributed by atoms with Crippen molar-refractivity contribution in [2.75, 3.05) is 18.6 Å². The largest absolute Gasteiger partial charge is 0.497 e. The Morgan fingerprint density at radius 2 is 1.73 bits per heavy atom. The molecule has 0 N–H and O–H groups in total. The van der Waals surface area contributed by atoms with Crippen molar-refractivity contribution in [1.82, 2.24) is 4.90 Å². The number of hydrogen-bond acceptors (Lipinski definition) is 4. The molecule has 5 rings (SSSR count). The summed E-state index contributed by atoms with van der Waals surface area (Å²) in [6.45, 7) is 5.11. The first-order valence-corrected chi connectivity index (χ1v) is 11.8. The third kappa shape index (κ3) is 3.49. The lowest BCUT2D eigenvalue weighted by atomic mass is 10.0. The van der Waals surface area contributed by atoms with Crippen LogP contribution in [-0.4, -0.2) is 35.1 Å². The highest BCUT2D eigenvalue weighted by molar-refractivity contribution is 8.02. The van der Waals surface area contributed by atoms with Gasteiger partial charge < -0.3 is 14.5 Å². The predicted molar refractivity (Wildman–Crippen MR) is 131 cm³/mol. The molecule has 1 saturated heterocycles. The number of benzene rings is 3. The lowest BCUT2D eigenvalue weighted by Crippen LogP contribution is -2.50. The van der Waals surface area contributed by atoms with Crippen molar-refractivity contribution in [1.29, 1.82) is 0 Å². The molecular formula is C27H26N2O3S. The van der Waals surface area contributed by atoms with Crippen molar-refractivity contribution < 1.29 is 14.3 Å². The molecule has 1 atom stereocenters. The van der Waals surface area contributed by atoms with E-state index in [0.29, 0.717) is 24.4 Å². The van der Waals surface area contributed by atoms with E-state index in [2.05, 4.69) is 13.8 Å². The summed E-state index contributed by atoms with van der Waals surface area (Å²) in [6.07, 6.45) is 0. The van der Waals surface area contributed by atoms with E-state index in [9.17, 15) is 9.59 Å². The van der Waals surface area contributed by atoms with E-state index in [4.69, 9.17) is 4.74 Å². The Hall–Kier alpha value is -3.25. The molecule has 0 radical (unpaired) electrons. The van der Waals surface area contributed by atoms with Gasteiger partial charge in [-0.25, -0.2) is 0 Å². The zero-order valence-corrected chi connectivity index (χ0v) is 19.8. The van der Waals surface area contributed by atoms with Crippen LogP contribution in [0.15, 0.2) is 78.9 Å². The van der Waals surface area contributed by atoms with Crippen LogP contribution in [-0.2, 0) is 16.2 Å². The Morgan fingerprint density at radius 1 is 1.00 bits per heavy atom. The molecular weight excluding hydrogens is 432 g/mol. The molecule has 0 aromatic heterocycles. The van der Waals surface area contributed by atoms with Crippen LogP contribution in [0.5, 0.6) is 5.75 Å². The molecule has 1 spiro atoms. The van der Waals surface area contributed by atoms with Crippen LogP contribution in [0.2, 0.25) is 0 Å². The van der Waals surface area contributed by atoms with E-state index >= 15 is 0 Å². The molecule has 0 unspecified atom stereocenters. The number of thioether (sulfide) groups is 1. The van der Waals surface area contributed by atoms with Crippen molar-refractivity contribution in [3.63, 3.8) is 0 Å². The second kappa shape index (κ2) is 7.96. The predicted octanol–water partition coefficient (Wildman–Crippen LogP) is 5.06. The van der Waals surface area contributed by atoms with Gasteiger partial charge in [0.25, 0.3) is 11.8 Å². The van der Waals surface area contributed by atoms with Gasteiger partial charge in [-0.05, 0) is 43.7 Å². The molecule has 6 heteroatoms. The van der Waals surface area contributed by atoms with Gasteiger partial charge in [0.1, 0.15) is 5.75 Å². The number of para-hydroxylation sites is 1. The lowest BCUT2D eigenvalue weighted by Gasteiger charge is -2.33. The summed E-state index contributed by atoms with van der Waals surface area (Å²) in [4.78, 5) is 30.6. The van der Waals surface area contributed by atoms with Crippen LogP contribution >= 0.6 is 11.8 Å². The molecule has 3 aromatic rings. The summed E-state index contributed by atoms with van der Waals surface area (Å²) in [5.74, 6) is 0.376. The van der Waals surface area contributed by atoms with Gasteiger partial charge in [-0.3, -0.25) is 9.59 Å². The number of nitrogens with zero attached hydrogens (tertiary/aromatic N) is 2. The van der Waals surface area contributed by atoms with Gasteiger partial charge in [0, 0.05) is 22.4 Å². The number of carbonyl (C=O) groups is 2. The molecule has 2 aliphatic rings. The normalized spacial score (nSPS) is 20.9. The van der Waals surface area contributed by atoms with E-state index in [-0.39, 0.29) is 16.6 Å². The van der Waals surface area contributed by atoms with Crippen molar-refractivity contribution >= 4 is 29.3 Å². The van der Waals surface area contributed by atoms with Gasteiger partial charge >= 0.3 is 0 Å². The third-order valence-corrected chi connectivity index (χ3v) is 7.78.